The van der Waals surface area contributed by atoms with Gasteiger partial charge < -0.3 is 15.4 Å². The molecule has 0 unspecified atom stereocenters. The highest BCUT2D eigenvalue weighted by molar-refractivity contribution is 5.85. The second-order valence-electron chi connectivity index (χ2n) is 7.71. The van der Waals surface area contributed by atoms with Crippen LogP contribution in [-0.4, -0.2) is 22.7 Å². The quantitative estimate of drug-likeness (QED) is 0.576. The van der Waals surface area contributed by atoms with Crippen LogP contribution in [0.2, 0.25) is 0 Å². The van der Waals surface area contributed by atoms with Crippen molar-refractivity contribution in [3.8, 4) is 0 Å². The summed E-state index contributed by atoms with van der Waals surface area (Å²) in [4.78, 5) is 14.4. The molecule has 3 N–H and O–H groups in total. The van der Waals surface area contributed by atoms with E-state index in [2.05, 4.69) is 36.3 Å². The highest BCUT2D eigenvalue weighted by atomic mass is 35.5. The molecule has 0 radical (unpaired) electrons. The van der Waals surface area contributed by atoms with E-state index in [0.717, 1.165) is 42.1 Å². The zero-order valence-electron chi connectivity index (χ0n) is 17.0. The summed E-state index contributed by atoms with van der Waals surface area (Å²) in [5, 5.41) is 15.3. The number of aliphatic hydroxyl groups is 1. The van der Waals surface area contributed by atoms with Crippen molar-refractivity contribution in [3.05, 3.63) is 80.6 Å². The van der Waals surface area contributed by atoms with Crippen molar-refractivity contribution in [1.82, 2.24) is 10.3 Å². The van der Waals surface area contributed by atoms with Gasteiger partial charge in [-0.25, -0.2) is 0 Å². The van der Waals surface area contributed by atoms with Gasteiger partial charge in [0.25, 0.3) is 0 Å². The maximum absolute atomic E-state index is 11.5. The molecule has 2 aromatic carbocycles. The summed E-state index contributed by atoms with van der Waals surface area (Å²) in [5.74, 6) is 0. The summed E-state index contributed by atoms with van der Waals surface area (Å²) < 4.78 is 0. The molecule has 0 saturated carbocycles. The largest absolute Gasteiger partial charge is 0.387 e. The van der Waals surface area contributed by atoms with Gasteiger partial charge in [0.15, 0.2) is 0 Å². The van der Waals surface area contributed by atoms with Gasteiger partial charge in [-0.15, -0.1) is 12.4 Å². The Kier molecular flexibility index (Phi) is 6.78. The first-order chi connectivity index (χ1) is 13.6. The van der Waals surface area contributed by atoms with Crippen LogP contribution in [0, 0.1) is 0 Å². The molecule has 3 aromatic rings. The van der Waals surface area contributed by atoms with Crippen molar-refractivity contribution < 1.29 is 5.11 Å². The predicted octanol–water partition coefficient (Wildman–Crippen LogP) is 3.87. The summed E-state index contributed by atoms with van der Waals surface area (Å²) in [6, 6.07) is 13.9. The molecule has 1 aliphatic rings. The zero-order valence-corrected chi connectivity index (χ0v) is 17.8. The minimum absolute atomic E-state index is 0. The lowest BCUT2D eigenvalue weighted by molar-refractivity contribution is 0.171. The fourth-order valence-corrected chi connectivity index (χ4v) is 4.56. The van der Waals surface area contributed by atoms with Crippen LogP contribution in [0.25, 0.3) is 10.9 Å². The molecule has 0 bridgehead atoms. The van der Waals surface area contributed by atoms with E-state index in [9.17, 15) is 9.90 Å². The minimum Gasteiger partial charge on any atom is -0.387 e. The highest BCUT2D eigenvalue weighted by Gasteiger charge is 2.26. The van der Waals surface area contributed by atoms with Gasteiger partial charge in [-0.1, -0.05) is 38.1 Å². The molecular formula is C24H29ClN2O2. The predicted molar refractivity (Wildman–Crippen MR) is 121 cm³/mol. The van der Waals surface area contributed by atoms with Gasteiger partial charge in [0.05, 0.1) is 6.10 Å². The molecule has 0 fully saturated rings. The van der Waals surface area contributed by atoms with Crippen LogP contribution in [0.15, 0.2) is 47.3 Å². The Hall–Kier alpha value is -2.14. The second kappa shape index (κ2) is 9.12. The second-order valence-corrected chi connectivity index (χ2v) is 7.71. The third-order valence-corrected chi connectivity index (χ3v) is 6.05. The number of aryl methyl sites for hydroxylation is 2. The number of pyridine rings is 1. The Morgan fingerprint density at radius 3 is 2.31 bits per heavy atom. The molecular weight excluding hydrogens is 384 g/mol. The average Bonchev–Trinajstić information content (AvgIpc) is 3.14. The summed E-state index contributed by atoms with van der Waals surface area (Å²) in [6.45, 7) is 4.94. The topological polar surface area (TPSA) is 65.1 Å². The van der Waals surface area contributed by atoms with E-state index >= 15 is 0 Å². The van der Waals surface area contributed by atoms with Gasteiger partial charge in [0.2, 0.25) is 5.56 Å². The molecule has 0 spiro atoms. The fourth-order valence-electron chi connectivity index (χ4n) is 4.56. The van der Waals surface area contributed by atoms with Crippen molar-refractivity contribution in [3.63, 3.8) is 0 Å². The molecule has 1 heterocycles. The van der Waals surface area contributed by atoms with E-state index in [0.29, 0.717) is 12.6 Å². The van der Waals surface area contributed by atoms with Crippen molar-refractivity contribution >= 4 is 23.3 Å². The number of benzene rings is 2. The van der Waals surface area contributed by atoms with Gasteiger partial charge in [-0.2, -0.15) is 0 Å². The molecule has 1 atom stereocenters. The van der Waals surface area contributed by atoms with E-state index in [1.165, 1.54) is 28.3 Å². The number of nitrogens with one attached hydrogen (secondary N) is 2. The molecule has 4 rings (SSSR count). The normalized spacial score (nSPS) is 14.6. The first-order valence-corrected chi connectivity index (χ1v) is 10.3. The summed E-state index contributed by atoms with van der Waals surface area (Å²) in [6.07, 6.45) is 3.57. The molecule has 29 heavy (non-hydrogen) atoms. The van der Waals surface area contributed by atoms with Crippen molar-refractivity contribution in [2.24, 2.45) is 0 Å². The number of fused-ring (bicyclic) bond motifs is 2. The number of hydrogen-bond acceptors (Lipinski definition) is 3. The maximum atomic E-state index is 11.5. The lowest BCUT2D eigenvalue weighted by atomic mass is 9.96. The van der Waals surface area contributed by atoms with E-state index < -0.39 is 6.10 Å². The summed E-state index contributed by atoms with van der Waals surface area (Å²) in [5.41, 5.74) is 7.41. The maximum Gasteiger partial charge on any atom is 0.248 e. The first kappa shape index (κ1) is 21.6. The Bertz CT molecular complexity index is 1030. The van der Waals surface area contributed by atoms with Crippen LogP contribution in [0.4, 0.5) is 0 Å². The molecule has 0 amide bonds. The number of halogens is 1. The number of aromatic amines is 1. The van der Waals surface area contributed by atoms with Crippen LogP contribution in [0.1, 0.15) is 47.8 Å². The highest BCUT2D eigenvalue weighted by Crippen LogP contribution is 2.30. The Labute approximate surface area is 177 Å². The fraction of sp³-hybridized carbons (Fsp3) is 0.375. The molecule has 154 valence electrons. The molecule has 1 aliphatic carbocycles. The smallest absolute Gasteiger partial charge is 0.248 e. The Morgan fingerprint density at radius 2 is 1.69 bits per heavy atom. The van der Waals surface area contributed by atoms with Crippen LogP contribution >= 0.6 is 12.4 Å². The molecule has 4 nitrogen and oxygen atoms in total. The zero-order chi connectivity index (χ0) is 19.7. The van der Waals surface area contributed by atoms with Crippen LogP contribution in [-0.2, 0) is 25.7 Å². The number of hydrogen-bond donors (Lipinski definition) is 3. The van der Waals surface area contributed by atoms with Crippen molar-refractivity contribution in [1.29, 1.82) is 0 Å². The van der Waals surface area contributed by atoms with Gasteiger partial charge in [0, 0.05) is 29.6 Å². The SMILES string of the molecule is CCc1ccc(CC)c2c1CC(NC[C@@H](O)c1cccc3[nH]c(=O)ccc13)C2.Cl. The monoisotopic (exact) mass is 412 g/mol. The Morgan fingerprint density at radius 1 is 1.03 bits per heavy atom. The Balaban J connectivity index is 0.00000240. The summed E-state index contributed by atoms with van der Waals surface area (Å²) >= 11 is 0. The molecule has 0 aliphatic heterocycles. The van der Waals surface area contributed by atoms with E-state index in [1.807, 2.05) is 18.2 Å². The molecule has 5 heteroatoms. The third kappa shape index (κ3) is 4.25. The number of aliphatic hydroxyl groups excluding tert-OH is 1. The van der Waals surface area contributed by atoms with Crippen molar-refractivity contribution in [2.45, 2.75) is 51.7 Å². The van der Waals surface area contributed by atoms with Crippen LogP contribution in [0.3, 0.4) is 0 Å². The van der Waals surface area contributed by atoms with Crippen LogP contribution in [0.5, 0.6) is 0 Å². The average molecular weight is 413 g/mol. The van der Waals surface area contributed by atoms with E-state index in [4.69, 9.17) is 0 Å². The summed E-state index contributed by atoms with van der Waals surface area (Å²) in [7, 11) is 0. The van der Waals surface area contributed by atoms with E-state index in [-0.39, 0.29) is 18.0 Å². The molecule has 1 aromatic heterocycles. The van der Waals surface area contributed by atoms with Gasteiger partial charge in [-0.3, -0.25) is 4.79 Å². The van der Waals surface area contributed by atoms with Gasteiger partial charge >= 0.3 is 0 Å². The minimum atomic E-state index is -0.616. The van der Waals surface area contributed by atoms with Gasteiger partial charge in [0.1, 0.15) is 0 Å². The number of H-pyrrole nitrogens is 1. The number of aromatic nitrogens is 1. The van der Waals surface area contributed by atoms with Crippen LogP contribution < -0.4 is 10.9 Å². The lowest BCUT2D eigenvalue weighted by Crippen LogP contribution is -2.33. The third-order valence-electron chi connectivity index (χ3n) is 6.05. The van der Waals surface area contributed by atoms with Gasteiger partial charge in [-0.05, 0) is 65.6 Å². The van der Waals surface area contributed by atoms with Crippen molar-refractivity contribution in [2.75, 3.05) is 6.54 Å². The first-order valence-electron chi connectivity index (χ1n) is 10.3. The lowest BCUT2D eigenvalue weighted by Gasteiger charge is -2.18. The molecule has 0 saturated heterocycles. The van der Waals surface area contributed by atoms with E-state index in [1.54, 1.807) is 6.07 Å². The standard InChI is InChI=1S/C24H28N2O2.ClH/c1-3-15-8-9-16(4-2)21-13-17(12-20(15)21)25-14-23(27)19-6-5-7-22-18(19)10-11-24(28)26-22;/h5-11,17,23,25,27H,3-4,12-14H2,1-2H3,(H,26,28);1H/t23-;/m1./s1. The number of rotatable bonds is 6.